The van der Waals surface area contributed by atoms with Gasteiger partial charge < -0.3 is 4.74 Å². The first-order chi connectivity index (χ1) is 12.3. The van der Waals surface area contributed by atoms with Gasteiger partial charge in [0.1, 0.15) is 0 Å². The van der Waals surface area contributed by atoms with Crippen LogP contribution in [0.15, 0.2) is 35.5 Å². The van der Waals surface area contributed by atoms with Crippen molar-refractivity contribution in [2.45, 2.75) is 42.8 Å². The fourth-order valence-corrected chi connectivity index (χ4v) is 3.67. The summed E-state index contributed by atoms with van der Waals surface area (Å²) in [7, 11) is 0. The van der Waals surface area contributed by atoms with E-state index in [4.69, 9.17) is 4.74 Å². The first-order valence-electron chi connectivity index (χ1n) is 8.19. The highest BCUT2D eigenvalue weighted by molar-refractivity contribution is 7.99. The van der Waals surface area contributed by atoms with E-state index in [9.17, 15) is 0 Å². The first-order valence-corrected chi connectivity index (χ1v) is 9.07. The van der Waals surface area contributed by atoms with Gasteiger partial charge in [-0.3, -0.25) is 0 Å². The van der Waals surface area contributed by atoms with Crippen LogP contribution in [0.25, 0.3) is 5.69 Å². The minimum absolute atomic E-state index is 0.00977. The Balaban J connectivity index is 1.51. The molecular weight excluding hydrogens is 340 g/mol. The summed E-state index contributed by atoms with van der Waals surface area (Å²) in [5.41, 5.74) is 0.925. The summed E-state index contributed by atoms with van der Waals surface area (Å²) in [5, 5.41) is 24.9. The summed E-state index contributed by atoms with van der Waals surface area (Å²) >= 11 is 1.53. The van der Waals surface area contributed by atoms with Gasteiger partial charge in [-0.15, -0.1) is 10.2 Å². The highest BCUT2D eigenvalue weighted by Crippen LogP contribution is 2.32. The molecule has 0 amide bonds. The molecule has 0 N–H and O–H groups in total. The number of thioether (sulfide) groups is 1. The van der Waals surface area contributed by atoms with Gasteiger partial charge in [0.2, 0.25) is 5.16 Å². The Morgan fingerprint density at radius 3 is 2.84 bits per heavy atom. The Bertz CT molecular complexity index is 814. The van der Waals surface area contributed by atoms with E-state index in [1.54, 1.807) is 9.36 Å². The minimum Gasteiger partial charge on any atom is -0.376 e. The number of tetrazole rings is 2. The zero-order valence-electron chi connectivity index (χ0n) is 13.8. The topological polar surface area (TPSA) is 96.4 Å². The van der Waals surface area contributed by atoms with Crippen molar-refractivity contribution in [2.24, 2.45) is 0 Å². The summed E-state index contributed by atoms with van der Waals surface area (Å²) < 4.78 is 9.21. The van der Waals surface area contributed by atoms with E-state index < -0.39 is 0 Å². The maximum atomic E-state index is 5.67. The quantitative estimate of drug-likeness (QED) is 0.614. The SMILES string of the molecule is C[C@@H](Sc1nnnn1C[C@H]1CCCO1)c1nnnn1-c1ccccc1. The lowest BCUT2D eigenvalue weighted by molar-refractivity contribution is 0.0911. The minimum atomic E-state index is -0.00977. The zero-order valence-corrected chi connectivity index (χ0v) is 14.6. The van der Waals surface area contributed by atoms with Gasteiger partial charge in [-0.05, 0) is 52.8 Å². The number of ether oxygens (including phenoxy) is 1. The summed E-state index contributed by atoms with van der Waals surface area (Å²) in [6.07, 6.45) is 2.33. The summed E-state index contributed by atoms with van der Waals surface area (Å²) in [6, 6.07) is 9.82. The third kappa shape index (κ3) is 3.54. The fraction of sp³-hybridized carbons (Fsp3) is 0.467. The van der Waals surface area contributed by atoms with Crippen LogP contribution in [-0.2, 0) is 11.3 Å². The van der Waals surface area contributed by atoms with Crippen LogP contribution in [0.1, 0.15) is 30.8 Å². The molecule has 0 bridgehead atoms. The van der Waals surface area contributed by atoms with E-state index in [1.165, 1.54) is 11.8 Å². The van der Waals surface area contributed by atoms with Gasteiger partial charge in [0.25, 0.3) is 0 Å². The largest absolute Gasteiger partial charge is 0.376 e. The third-order valence-corrected chi connectivity index (χ3v) is 5.11. The van der Waals surface area contributed by atoms with E-state index in [1.807, 2.05) is 37.3 Å². The maximum Gasteiger partial charge on any atom is 0.210 e. The van der Waals surface area contributed by atoms with Crippen molar-refractivity contribution in [3.8, 4) is 5.69 Å². The van der Waals surface area contributed by atoms with Gasteiger partial charge >= 0.3 is 0 Å². The average Bonchev–Trinajstić information content (AvgIpc) is 3.38. The van der Waals surface area contributed by atoms with Gasteiger partial charge in [0.15, 0.2) is 5.82 Å². The predicted molar refractivity (Wildman–Crippen MR) is 90.2 cm³/mol. The number of rotatable bonds is 6. The monoisotopic (exact) mass is 358 g/mol. The molecule has 0 aliphatic carbocycles. The van der Waals surface area contributed by atoms with Crippen molar-refractivity contribution >= 4 is 11.8 Å². The van der Waals surface area contributed by atoms with Crippen molar-refractivity contribution in [3.63, 3.8) is 0 Å². The smallest absolute Gasteiger partial charge is 0.210 e. The molecule has 0 spiro atoms. The molecule has 1 fully saturated rings. The van der Waals surface area contributed by atoms with E-state index in [0.29, 0.717) is 6.54 Å². The van der Waals surface area contributed by atoms with Gasteiger partial charge in [-0.2, -0.15) is 4.68 Å². The van der Waals surface area contributed by atoms with Crippen LogP contribution in [0.2, 0.25) is 0 Å². The Morgan fingerprint density at radius 2 is 2.04 bits per heavy atom. The van der Waals surface area contributed by atoms with Gasteiger partial charge in [-0.25, -0.2) is 4.68 Å². The van der Waals surface area contributed by atoms with Crippen LogP contribution in [-0.4, -0.2) is 53.1 Å². The lowest BCUT2D eigenvalue weighted by Gasteiger charge is -2.13. The van der Waals surface area contributed by atoms with E-state index in [2.05, 4.69) is 31.1 Å². The molecule has 2 aromatic heterocycles. The molecule has 10 heteroatoms. The standard InChI is InChI=1S/C15H18N8OS/c1-11(14-16-18-21-23(14)12-6-3-2-4-7-12)25-15-17-19-20-22(15)10-13-8-5-9-24-13/h2-4,6-7,11,13H,5,8-10H2,1H3/t11-,13-/m1/s1. The molecule has 1 aliphatic rings. The first kappa shape index (κ1) is 16.2. The second-order valence-corrected chi connectivity index (χ2v) is 7.13. The number of para-hydroxylation sites is 1. The van der Waals surface area contributed by atoms with Crippen molar-refractivity contribution in [1.29, 1.82) is 0 Å². The van der Waals surface area contributed by atoms with Crippen molar-refractivity contribution in [1.82, 2.24) is 40.4 Å². The highest BCUT2D eigenvalue weighted by Gasteiger charge is 2.23. The average molecular weight is 358 g/mol. The molecule has 1 aromatic carbocycles. The molecule has 2 atom stereocenters. The Labute approximate surface area is 148 Å². The predicted octanol–water partition coefficient (Wildman–Crippen LogP) is 1.68. The lowest BCUT2D eigenvalue weighted by Crippen LogP contribution is -2.17. The molecule has 25 heavy (non-hydrogen) atoms. The van der Waals surface area contributed by atoms with Crippen molar-refractivity contribution in [3.05, 3.63) is 36.2 Å². The number of hydrogen-bond donors (Lipinski definition) is 0. The molecule has 3 heterocycles. The molecule has 0 saturated carbocycles. The molecule has 4 rings (SSSR count). The summed E-state index contributed by atoms with van der Waals surface area (Å²) in [6.45, 7) is 3.53. The van der Waals surface area contributed by atoms with Crippen LogP contribution < -0.4 is 0 Å². The maximum absolute atomic E-state index is 5.67. The molecule has 1 saturated heterocycles. The normalized spacial score (nSPS) is 18.5. The summed E-state index contributed by atoms with van der Waals surface area (Å²) in [5.74, 6) is 0.753. The second kappa shape index (κ2) is 7.28. The van der Waals surface area contributed by atoms with E-state index in [0.717, 1.165) is 36.1 Å². The number of hydrogen-bond acceptors (Lipinski definition) is 8. The molecule has 130 valence electrons. The van der Waals surface area contributed by atoms with Crippen molar-refractivity contribution in [2.75, 3.05) is 6.61 Å². The Morgan fingerprint density at radius 1 is 1.20 bits per heavy atom. The highest BCUT2D eigenvalue weighted by atomic mass is 32.2. The van der Waals surface area contributed by atoms with Gasteiger partial charge in [-0.1, -0.05) is 30.0 Å². The van der Waals surface area contributed by atoms with Crippen LogP contribution in [0, 0.1) is 0 Å². The molecule has 3 aromatic rings. The molecule has 1 aliphatic heterocycles. The molecule has 0 radical (unpaired) electrons. The van der Waals surface area contributed by atoms with Crippen LogP contribution in [0.3, 0.4) is 0 Å². The van der Waals surface area contributed by atoms with Crippen molar-refractivity contribution < 1.29 is 4.74 Å². The van der Waals surface area contributed by atoms with Crippen LogP contribution in [0.5, 0.6) is 0 Å². The molecule has 9 nitrogen and oxygen atoms in total. The molecule has 0 unspecified atom stereocenters. The third-order valence-electron chi connectivity index (χ3n) is 4.04. The fourth-order valence-electron chi connectivity index (χ4n) is 2.79. The molecular formula is C15H18N8OS. The van der Waals surface area contributed by atoms with Gasteiger partial charge in [0.05, 0.1) is 23.6 Å². The van der Waals surface area contributed by atoms with E-state index in [-0.39, 0.29) is 11.4 Å². The Kier molecular flexibility index (Phi) is 4.70. The lowest BCUT2D eigenvalue weighted by atomic mass is 10.2. The van der Waals surface area contributed by atoms with Crippen LogP contribution >= 0.6 is 11.8 Å². The zero-order chi connectivity index (χ0) is 17.1. The second-order valence-electron chi connectivity index (χ2n) is 5.82. The summed E-state index contributed by atoms with van der Waals surface area (Å²) in [4.78, 5) is 0. The number of nitrogens with zero attached hydrogens (tertiary/aromatic N) is 8. The Hall–Kier alpha value is -2.33. The number of aromatic nitrogens is 8. The van der Waals surface area contributed by atoms with Crippen LogP contribution in [0.4, 0.5) is 0 Å². The van der Waals surface area contributed by atoms with E-state index >= 15 is 0 Å². The number of benzene rings is 1. The van der Waals surface area contributed by atoms with Gasteiger partial charge in [0, 0.05) is 6.61 Å².